The summed E-state index contributed by atoms with van der Waals surface area (Å²) < 4.78 is 12.8. The molecule has 0 radical (unpaired) electrons. The van der Waals surface area contributed by atoms with E-state index in [1.165, 1.54) is 27.5 Å². The molecule has 0 saturated heterocycles. The highest BCUT2D eigenvalue weighted by molar-refractivity contribution is 6.13. The first-order valence-electron chi connectivity index (χ1n) is 20.7. The Bertz CT molecular complexity index is 3590. The van der Waals surface area contributed by atoms with Crippen LogP contribution in [-0.4, -0.2) is 0 Å². The molecule has 12 rings (SSSR count). The third-order valence-electron chi connectivity index (χ3n) is 12.1. The van der Waals surface area contributed by atoms with Crippen molar-refractivity contribution in [3.8, 4) is 44.5 Å². The minimum absolute atomic E-state index is 0.883. The molecule has 0 aliphatic rings. The molecule has 0 spiro atoms. The SMILES string of the molecule is c1cc(-c2cccc3c2oc2ccccc23)cc(N(c2ccc(-c3ccc(-c4cccc5ccccc45)cc3)cc2)c2cccc(-c3cccc4oc5ccccc5c34)c2)c1. The van der Waals surface area contributed by atoms with Crippen molar-refractivity contribution in [2.45, 2.75) is 0 Å². The Labute approximate surface area is 353 Å². The van der Waals surface area contributed by atoms with E-state index in [-0.39, 0.29) is 0 Å². The molecule has 286 valence electrons. The van der Waals surface area contributed by atoms with Gasteiger partial charge in [-0.2, -0.15) is 0 Å². The number of fused-ring (bicyclic) bond motifs is 7. The van der Waals surface area contributed by atoms with Crippen LogP contribution in [0.25, 0.3) is 99.2 Å². The lowest BCUT2D eigenvalue weighted by Gasteiger charge is -2.27. The Hall–Kier alpha value is -8.14. The highest BCUT2D eigenvalue weighted by Crippen LogP contribution is 2.43. The molecule has 0 saturated carbocycles. The summed E-state index contributed by atoms with van der Waals surface area (Å²) >= 11 is 0. The molecule has 2 aromatic heterocycles. The molecule has 0 N–H and O–H groups in total. The van der Waals surface area contributed by atoms with Crippen LogP contribution in [0.1, 0.15) is 0 Å². The van der Waals surface area contributed by atoms with Crippen molar-refractivity contribution in [3.63, 3.8) is 0 Å². The van der Waals surface area contributed by atoms with Crippen LogP contribution in [0, 0.1) is 0 Å². The lowest BCUT2D eigenvalue weighted by Crippen LogP contribution is -2.10. The number of nitrogens with zero attached hydrogens (tertiary/aromatic N) is 1. The van der Waals surface area contributed by atoms with E-state index < -0.39 is 0 Å². The summed E-state index contributed by atoms with van der Waals surface area (Å²) in [5.41, 5.74) is 15.9. The van der Waals surface area contributed by atoms with Gasteiger partial charge in [-0.1, -0.05) is 170 Å². The summed E-state index contributed by atoms with van der Waals surface area (Å²) in [4.78, 5) is 2.35. The van der Waals surface area contributed by atoms with Crippen LogP contribution >= 0.6 is 0 Å². The zero-order valence-corrected chi connectivity index (χ0v) is 33.1. The number of furan rings is 2. The Kier molecular flexibility index (Phi) is 8.17. The van der Waals surface area contributed by atoms with Crippen LogP contribution in [0.15, 0.2) is 233 Å². The molecule has 0 bridgehead atoms. The molecule has 0 aliphatic heterocycles. The van der Waals surface area contributed by atoms with Crippen LogP contribution in [0.2, 0.25) is 0 Å². The zero-order valence-electron chi connectivity index (χ0n) is 33.1. The fraction of sp³-hybridized carbons (Fsp3) is 0. The summed E-state index contributed by atoms with van der Waals surface area (Å²) in [5, 5.41) is 6.99. The normalized spacial score (nSPS) is 11.6. The van der Waals surface area contributed by atoms with Gasteiger partial charge >= 0.3 is 0 Å². The molecule has 61 heavy (non-hydrogen) atoms. The summed E-state index contributed by atoms with van der Waals surface area (Å²) in [6, 6.07) is 79.9. The second-order valence-corrected chi connectivity index (χ2v) is 15.6. The minimum atomic E-state index is 0.883. The van der Waals surface area contributed by atoms with Gasteiger partial charge in [0.25, 0.3) is 0 Å². The quantitative estimate of drug-likeness (QED) is 0.161. The number of hydrogen-bond donors (Lipinski definition) is 0. The molecule has 0 amide bonds. The van der Waals surface area contributed by atoms with Crippen molar-refractivity contribution in [1.29, 1.82) is 0 Å². The van der Waals surface area contributed by atoms with Gasteiger partial charge in [0.15, 0.2) is 0 Å². The van der Waals surface area contributed by atoms with Gasteiger partial charge in [-0.25, -0.2) is 0 Å². The molecule has 12 aromatic rings. The van der Waals surface area contributed by atoms with Crippen molar-refractivity contribution >= 4 is 71.7 Å². The average molecular weight is 780 g/mol. The predicted octanol–water partition coefficient (Wildman–Crippen LogP) is 16.8. The molecule has 2 heterocycles. The summed E-state index contributed by atoms with van der Waals surface area (Å²) in [7, 11) is 0. The maximum absolute atomic E-state index is 6.52. The largest absolute Gasteiger partial charge is 0.456 e. The third kappa shape index (κ3) is 5.98. The molecule has 3 nitrogen and oxygen atoms in total. The molecule has 0 fully saturated rings. The number of benzene rings is 10. The molecular formula is C58H37NO2. The number of para-hydroxylation sites is 3. The standard InChI is InChI=1S/C58H37NO2/c1-2-18-47-40(12-1)13-9-21-48(47)41-30-28-38(29-31-41)39-32-34-44(35-33-39)59(45-16-7-14-42(36-45)49-22-11-27-56-57(49)53-20-4-6-26-55(53)60-56)46-17-8-15-43(37-46)50-23-10-24-52-51-19-3-5-25-54(51)61-58(50)52/h1-37H. The van der Waals surface area contributed by atoms with Crippen molar-refractivity contribution in [3.05, 3.63) is 224 Å². The fourth-order valence-electron chi connectivity index (χ4n) is 9.18. The second kappa shape index (κ2) is 14.3. The van der Waals surface area contributed by atoms with Gasteiger partial charge in [0.2, 0.25) is 0 Å². The Balaban J connectivity index is 0.970. The maximum atomic E-state index is 6.52. The van der Waals surface area contributed by atoms with Crippen molar-refractivity contribution in [2.24, 2.45) is 0 Å². The Morgan fingerprint density at radius 1 is 0.279 bits per heavy atom. The van der Waals surface area contributed by atoms with Crippen molar-refractivity contribution < 1.29 is 8.83 Å². The van der Waals surface area contributed by atoms with Crippen molar-refractivity contribution in [2.75, 3.05) is 4.90 Å². The maximum Gasteiger partial charge on any atom is 0.143 e. The molecular weight excluding hydrogens is 743 g/mol. The smallest absolute Gasteiger partial charge is 0.143 e. The van der Waals surface area contributed by atoms with E-state index in [4.69, 9.17) is 8.83 Å². The summed E-state index contributed by atoms with van der Waals surface area (Å²) in [6.45, 7) is 0. The van der Waals surface area contributed by atoms with E-state index in [0.717, 1.165) is 88.8 Å². The van der Waals surface area contributed by atoms with Gasteiger partial charge in [-0.05, 0) is 104 Å². The van der Waals surface area contributed by atoms with E-state index in [9.17, 15) is 0 Å². The summed E-state index contributed by atoms with van der Waals surface area (Å²) in [5.74, 6) is 0. The van der Waals surface area contributed by atoms with E-state index in [1.54, 1.807) is 0 Å². The second-order valence-electron chi connectivity index (χ2n) is 15.6. The van der Waals surface area contributed by atoms with Gasteiger partial charge in [0, 0.05) is 44.2 Å². The third-order valence-corrected chi connectivity index (χ3v) is 12.1. The van der Waals surface area contributed by atoms with Crippen LogP contribution in [-0.2, 0) is 0 Å². The lowest BCUT2D eigenvalue weighted by molar-refractivity contribution is 0.669. The fourth-order valence-corrected chi connectivity index (χ4v) is 9.18. The molecule has 3 heteroatoms. The average Bonchev–Trinajstić information content (AvgIpc) is 3.91. The number of hydrogen-bond acceptors (Lipinski definition) is 3. The van der Waals surface area contributed by atoms with Gasteiger partial charge in [0.05, 0.1) is 0 Å². The zero-order chi connectivity index (χ0) is 40.3. The first-order valence-corrected chi connectivity index (χ1v) is 20.7. The van der Waals surface area contributed by atoms with E-state index >= 15 is 0 Å². The van der Waals surface area contributed by atoms with Gasteiger partial charge in [-0.3, -0.25) is 0 Å². The Morgan fingerprint density at radius 3 is 1.56 bits per heavy atom. The summed E-state index contributed by atoms with van der Waals surface area (Å²) in [6.07, 6.45) is 0. The monoisotopic (exact) mass is 779 g/mol. The first kappa shape index (κ1) is 34.9. The number of rotatable bonds is 7. The van der Waals surface area contributed by atoms with Crippen LogP contribution in [0.4, 0.5) is 17.1 Å². The van der Waals surface area contributed by atoms with Crippen LogP contribution < -0.4 is 4.90 Å². The topological polar surface area (TPSA) is 29.5 Å². The van der Waals surface area contributed by atoms with E-state index in [2.05, 4.69) is 205 Å². The molecule has 10 aromatic carbocycles. The van der Waals surface area contributed by atoms with Crippen LogP contribution in [0.3, 0.4) is 0 Å². The van der Waals surface area contributed by atoms with E-state index in [1.807, 2.05) is 24.3 Å². The molecule has 0 aliphatic carbocycles. The predicted molar refractivity (Wildman–Crippen MR) is 255 cm³/mol. The minimum Gasteiger partial charge on any atom is -0.456 e. The van der Waals surface area contributed by atoms with E-state index in [0.29, 0.717) is 0 Å². The van der Waals surface area contributed by atoms with Gasteiger partial charge in [-0.15, -0.1) is 0 Å². The highest BCUT2D eigenvalue weighted by Gasteiger charge is 2.19. The van der Waals surface area contributed by atoms with Gasteiger partial charge < -0.3 is 13.7 Å². The molecule has 0 atom stereocenters. The van der Waals surface area contributed by atoms with Crippen LogP contribution in [0.5, 0.6) is 0 Å². The Morgan fingerprint density at radius 2 is 0.787 bits per heavy atom. The highest BCUT2D eigenvalue weighted by atomic mass is 16.3. The van der Waals surface area contributed by atoms with Gasteiger partial charge in [0.1, 0.15) is 22.3 Å². The number of anilines is 3. The molecule has 0 unspecified atom stereocenters. The first-order chi connectivity index (χ1) is 30.2. The van der Waals surface area contributed by atoms with Crippen molar-refractivity contribution in [1.82, 2.24) is 0 Å². The lowest BCUT2D eigenvalue weighted by atomic mass is 9.96.